The van der Waals surface area contributed by atoms with E-state index >= 15 is 0 Å². The summed E-state index contributed by atoms with van der Waals surface area (Å²) in [5.74, 6) is 6.78. The fourth-order valence-electron chi connectivity index (χ4n) is 5.60. The van der Waals surface area contributed by atoms with Crippen LogP contribution in [0.3, 0.4) is 0 Å². The Kier molecular flexibility index (Phi) is 6.44. The molecule has 3 N–H and O–H groups in total. The van der Waals surface area contributed by atoms with Crippen LogP contribution in [0.15, 0.2) is 62.8 Å². The van der Waals surface area contributed by atoms with Gasteiger partial charge in [-0.3, -0.25) is 14.3 Å². The number of H-pyrrole nitrogens is 1. The molecular formula is C31H25BrN6O4. The SMILES string of the molecule is CN(C)/C=N/c1nc2c(nc(C#Cc3ccc4ccc5c(Br)ccc6ccc3c4c65)n2[C@H]2C[C@H](O)[C@@H](CO)O2)c(=O)[nH]1. The van der Waals surface area contributed by atoms with E-state index in [2.05, 4.69) is 90.2 Å². The van der Waals surface area contributed by atoms with Crippen LogP contribution in [0.2, 0.25) is 0 Å². The Bertz CT molecular complexity index is 2160. The van der Waals surface area contributed by atoms with Crippen molar-refractivity contribution in [2.75, 3.05) is 20.7 Å². The number of aromatic amines is 1. The standard InChI is InChI=1S/C31H25BrN6O4/c1-37(2)15-33-31-35-29-28(30(41)36-31)34-24(38(29)25-13-22(40)23(14-39)42-25)12-8-16-3-4-17-6-10-20-21(32)11-7-18-5-9-19(16)26(17)27(18)20/h3-7,9-11,15,22-23,25,39-40H,13-14H2,1-2H3,(H,35,36,41)/b33-15+/t22-,23+,25+/m0/s1. The summed E-state index contributed by atoms with van der Waals surface area (Å²) in [6.07, 6.45) is -0.730. The molecule has 1 aliphatic rings. The van der Waals surface area contributed by atoms with Crippen LogP contribution >= 0.6 is 15.9 Å². The van der Waals surface area contributed by atoms with Gasteiger partial charge < -0.3 is 19.8 Å². The molecule has 0 aliphatic carbocycles. The molecule has 10 nitrogen and oxygen atoms in total. The number of rotatable bonds is 4. The maximum atomic E-state index is 13.0. The minimum atomic E-state index is -0.900. The molecule has 2 aromatic heterocycles. The van der Waals surface area contributed by atoms with Gasteiger partial charge >= 0.3 is 0 Å². The average Bonchev–Trinajstić information content (AvgIpc) is 3.54. The van der Waals surface area contributed by atoms with Crippen molar-refractivity contribution in [1.29, 1.82) is 0 Å². The van der Waals surface area contributed by atoms with Crippen LogP contribution < -0.4 is 5.56 Å². The number of imidazole rings is 1. The van der Waals surface area contributed by atoms with Crippen molar-refractivity contribution in [2.24, 2.45) is 4.99 Å². The third-order valence-electron chi connectivity index (χ3n) is 7.54. The highest BCUT2D eigenvalue weighted by Crippen LogP contribution is 2.39. The summed E-state index contributed by atoms with van der Waals surface area (Å²) in [6.45, 7) is -0.351. The maximum absolute atomic E-state index is 13.0. The minimum Gasteiger partial charge on any atom is -0.394 e. The van der Waals surface area contributed by atoms with E-state index in [-0.39, 0.29) is 36.0 Å². The molecule has 0 amide bonds. The number of nitrogens with zero attached hydrogens (tertiary/aromatic N) is 5. The van der Waals surface area contributed by atoms with Crippen LogP contribution in [-0.2, 0) is 4.74 Å². The quantitative estimate of drug-likeness (QED) is 0.117. The number of fused-ring (bicyclic) bond motifs is 1. The highest BCUT2D eigenvalue weighted by molar-refractivity contribution is 9.10. The fourth-order valence-corrected chi connectivity index (χ4v) is 6.06. The molecule has 1 aliphatic heterocycles. The van der Waals surface area contributed by atoms with Crippen LogP contribution in [-0.4, -0.2) is 73.9 Å². The van der Waals surface area contributed by atoms with Crippen LogP contribution in [0, 0.1) is 11.8 Å². The second kappa shape index (κ2) is 10.2. The molecule has 3 atom stereocenters. The van der Waals surface area contributed by atoms with Gasteiger partial charge in [0.2, 0.25) is 5.95 Å². The molecule has 0 radical (unpaired) electrons. The van der Waals surface area contributed by atoms with Crippen LogP contribution in [0.1, 0.15) is 24.0 Å². The molecule has 6 aromatic rings. The number of halogens is 1. The van der Waals surface area contributed by atoms with Gasteiger partial charge in [-0.15, -0.1) is 0 Å². The molecule has 1 saturated heterocycles. The number of aliphatic hydroxyl groups is 2. The first-order valence-electron chi connectivity index (χ1n) is 13.4. The van der Waals surface area contributed by atoms with Crippen molar-refractivity contribution in [3.8, 4) is 11.8 Å². The van der Waals surface area contributed by atoms with Gasteiger partial charge in [0.25, 0.3) is 5.56 Å². The van der Waals surface area contributed by atoms with Crippen molar-refractivity contribution in [3.05, 3.63) is 74.7 Å². The van der Waals surface area contributed by atoms with Crippen molar-refractivity contribution in [2.45, 2.75) is 24.9 Å². The molecule has 0 saturated carbocycles. The predicted molar refractivity (Wildman–Crippen MR) is 165 cm³/mol. The molecule has 1 fully saturated rings. The average molecular weight is 625 g/mol. The third-order valence-corrected chi connectivity index (χ3v) is 8.23. The molecule has 4 aromatic carbocycles. The number of benzene rings is 4. The Hall–Kier alpha value is -4.34. The first kappa shape index (κ1) is 26.6. The van der Waals surface area contributed by atoms with Gasteiger partial charge in [0, 0.05) is 30.6 Å². The number of aliphatic imine (C=N–C) groups is 1. The number of ether oxygens (including phenoxy) is 1. The summed E-state index contributed by atoms with van der Waals surface area (Å²) in [5.41, 5.74) is 0.631. The molecule has 3 heterocycles. The first-order valence-corrected chi connectivity index (χ1v) is 14.2. The van der Waals surface area contributed by atoms with Gasteiger partial charge in [-0.05, 0) is 50.4 Å². The third kappa shape index (κ3) is 4.31. The Morgan fingerprint density at radius 3 is 2.55 bits per heavy atom. The second-order valence-electron chi connectivity index (χ2n) is 10.5. The summed E-state index contributed by atoms with van der Waals surface area (Å²) < 4.78 is 8.59. The number of aromatic nitrogens is 4. The van der Waals surface area contributed by atoms with Gasteiger partial charge in [-0.1, -0.05) is 58.2 Å². The lowest BCUT2D eigenvalue weighted by Gasteiger charge is -2.15. The zero-order chi connectivity index (χ0) is 29.1. The Morgan fingerprint density at radius 2 is 1.81 bits per heavy atom. The van der Waals surface area contributed by atoms with E-state index in [0.29, 0.717) is 0 Å². The molecule has 11 heteroatoms. The first-order chi connectivity index (χ1) is 20.3. The fraction of sp³-hybridized carbons (Fsp3) is 0.226. The van der Waals surface area contributed by atoms with E-state index in [1.807, 2.05) is 6.07 Å². The van der Waals surface area contributed by atoms with E-state index in [4.69, 9.17) is 4.74 Å². The number of hydrogen-bond acceptors (Lipinski definition) is 7. The Morgan fingerprint density at radius 1 is 1.10 bits per heavy atom. The summed E-state index contributed by atoms with van der Waals surface area (Å²) in [7, 11) is 3.61. The van der Waals surface area contributed by atoms with Crippen LogP contribution in [0.25, 0.3) is 43.5 Å². The molecule has 210 valence electrons. The van der Waals surface area contributed by atoms with Crippen molar-refractivity contribution in [1.82, 2.24) is 24.4 Å². The summed E-state index contributed by atoms with van der Waals surface area (Å²) in [5, 5.41) is 26.9. The maximum Gasteiger partial charge on any atom is 0.280 e. The molecule has 0 unspecified atom stereocenters. The van der Waals surface area contributed by atoms with Gasteiger partial charge in [-0.2, -0.15) is 4.98 Å². The van der Waals surface area contributed by atoms with E-state index in [1.54, 1.807) is 23.6 Å². The van der Waals surface area contributed by atoms with Gasteiger partial charge in [-0.25, -0.2) is 9.98 Å². The highest BCUT2D eigenvalue weighted by atomic mass is 79.9. The molecular weight excluding hydrogens is 600 g/mol. The van der Waals surface area contributed by atoms with Gasteiger partial charge in [0.05, 0.1) is 19.0 Å². The van der Waals surface area contributed by atoms with Crippen LogP contribution in [0.4, 0.5) is 5.95 Å². The van der Waals surface area contributed by atoms with Gasteiger partial charge in [0.15, 0.2) is 17.0 Å². The largest absolute Gasteiger partial charge is 0.394 e. The molecule has 42 heavy (non-hydrogen) atoms. The van der Waals surface area contributed by atoms with E-state index in [1.165, 1.54) is 11.7 Å². The summed E-state index contributed by atoms with van der Waals surface area (Å²) >= 11 is 3.69. The van der Waals surface area contributed by atoms with Crippen LogP contribution in [0.5, 0.6) is 0 Å². The van der Waals surface area contributed by atoms with Gasteiger partial charge in [0.1, 0.15) is 12.3 Å². The number of nitrogens with one attached hydrogen (secondary N) is 1. The predicted octanol–water partition coefficient (Wildman–Crippen LogP) is 4.04. The Balaban J connectivity index is 1.42. The normalized spacial score (nSPS) is 19.0. The highest BCUT2D eigenvalue weighted by Gasteiger charge is 2.37. The van der Waals surface area contributed by atoms with Crippen molar-refractivity contribution >= 4 is 71.7 Å². The lowest BCUT2D eigenvalue weighted by molar-refractivity contribution is -0.0434. The lowest BCUT2D eigenvalue weighted by atomic mass is 9.92. The topological polar surface area (TPSA) is 129 Å². The zero-order valence-electron chi connectivity index (χ0n) is 22.7. The molecule has 0 bridgehead atoms. The van der Waals surface area contributed by atoms with Crippen molar-refractivity contribution < 1.29 is 14.9 Å². The zero-order valence-corrected chi connectivity index (χ0v) is 24.3. The van der Waals surface area contributed by atoms with E-state index in [0.717, 1.165) is 37.0 Å². The smallest absolute Gasteiger partial charge is 0.280 e. The lowest BCUT2D eigenvalue weighted by Crippen LogP contribution is -2.24. The minimum absolute atomic E-state index is 0.0777. The summed E-state index contributed by atoms with van der Waals surface area (Å²) in [4.78, 5) is 30.7. The summed E-state index contributed by atoms with van der Waals surface area (Å²) in [6, 6.07) is 16.6. The van der Waals surface area contributed by atoms with Crippen molar-refractivity contribution in [3.63, 3.8) is 0 Å². The number of aliphatic hydroxyl groups excluding tert-OH is 2. The molecule has 7 rings (SSSR count). The van der Waals surface area contributed by atoms with E-state index in [9.17, 15) is 15.0 Å². The Labute approximate surface area is 247 Å². The van der Waals surface area contributed by atoms with E-state index < -0.39 is 24.0 Å². The monoisotopic (exact) mass is 624 g/mol. The second-order valence-corrected chi connectivity index (χ2v) is 11.4. The number of hydrogen-bond donors (Lipinski definition) is 3. The molecule has 0 spiro atoms.